The number of thiazole rings is 1. The van der Waals surface area contributed by atoms with Crippen LogP contribution in [-0.2, 0) is 13.2 Å². The highest BCUT2D eigenvalue weighted by atomic mass is 32.1. The first-order valence-corrected chi connectivity index (χ1v) is 7.52. The van der Waals surface area contributed by atoms with Gasteiger partial charge in [0.2, 0.25) is 0 Å². The maximum atomic E-state index is 5.78. The molecule has 20 heavy (non-hydrogen) atoms. The fourth-order valence-corrected chi connectivity index (χ4v) is 2.45. The minimum atomic E-state index is 0.522. The fraction of sp³-hybridized carbons (Fsp3) is 0.312. The van der Waals surface area contributed by atoms with Gasteiger partial charge >= 0.3 is 0 Å². The number of hydrogen-bond donors (Lipinski definition) is 1. The molecule has 0 radical (unpaired) electrons. The average molecular weight is 288 g/mol. The third-order valence-corrected chi connectivity index (χ3v) is 3.91. The van der Waals surface area contributed by atoms with Crippen LogP contribution in [0.25, 0.3) is 0 Å². The Morgan fingerprint density at radius 1 is 1.35 bits per heavy atom. The van der Waals surface area contributed by atoms with Gasteiger partial charge in [0.15, 0.2) is 0 Å². The van der Waals surface area contributed by atoms with E-state index >= 15 is 0 Å². The molecule has 2 aromatic rings. The monoisotopic (exact) mass is 288 g/mol. The Hall–Kier alpha value is -1.65. The summed E-state index contributed by atoms with van der Waals surface area (Å²) in [5, 5.41) is 6.30. The standard InChI is InChI=1S/C16H20N2OS/c1-4-7-17-9-14-11-20-16(18-14)10-19-15-6-5-12(2)13(3)8-15/h4-6,8,11,17H,1,7,9-10H2,2-3H3. The molecule has 4 heteroatoms. The second-order valence-corrected chi connectivity index (χ2v) is 5.63. The number of aryl methyl sites for hydroxylation is 2. The third kappa shape index (κ3) is 4.18. The van der Waals surface area contributed by atoms with Gasteiger partial charge in [0.1, 0.15) is 17.4 Å². The Bertz CT molecular complexity index is 578. The summed E-state index contributed by atoms with van der Waals surface area (Å²) in [6.07, 6.45) is 1.84. The summed E-state index contributed by atoms with van der Waals surface area (Å²) < 4.78 is 5.78. The van der Waals surface area contributed by atoms with E-state index in [-0.39, 0.29) is 0 Å². The summed E-state index contributed by atoms with van der Waals surface area (Å²) >= 11 is 1.63. The molecule has 1 N–H and O–H groups in total. The molecule has 0 fully saturated rings. The Kier molecular flexibility index (Phi) is 5.32. The van der Waals surface area contributed by atoms with E-state index in [1.54, 1.807) is 11.3 Å². The van der Waals surface area contributed by atoms with Gasteiger partial charge in [-0.3, -0.25) is 0 Å². The zero-order chi connectivity index (χ0) is 14.4. The van der Waals surface area contributed by atoms with Crippen LogP contribution in [0.5, 0.6) is 5.75 Å². The normalized spacial score (nSPS) is 10.5. The molecule has 1 aromatic heterocycles. The number of nitrogens with one attached hydrogen (secondary N) is 1. The third-order valence-electron chi connectivity index (χ3n) is 3.03. The second-order valence-electron chi connectivity index (χ2n) is 4.69. The van der Waals surface area contributed by atoms with E-state index in [1.165, 1.54) is 11.1 Å². The highest BCUT2D eigenvalue weighted by Crippen LogP contribution is 2.19. The minimum Gasteiger partial charge on any atom is -0.486 e. The number of nitrogens with zero attached hydrogens (tertiary/aromatic N) is 1. The van der Waals surface area contributed by atoms with Crippen LogP contribution in [0.3, 0.4) is 0 Å². The molecular formula is C16H20N2OS. The highest BCUT2D eigenvalue weighted by molar-refractivity contribution is 7.09. The maximum absolute atomic E-state index is 5.78. The van der Waals surface area contributed by atoms with Crippen molar-refractivity contribution in [3.05, 3.63) is 58.1 Å². The zero-order valence-electron chi connectivity index (χ0n) is 12.0. The Balaban J connectivity index is 1.87. The van der Waals surface area contributed by atoms with Crippen LogP contribution in [0, 0.1) is 13.8 Å². The summed E-state index contributed by atoms with van der Waals surface area (Å²) in [6.45, 7) is 9.95. The number of benzene rings is 1. The number of aromatic nitrogens is 1. The molecule has 0 aliphatic heterocycles. The van der Waals surface area contributed by atoms with Crippen molar-refractivity contribution in [3.63, 3.8) is 0 Å². The summed E-state index contributed by atoms with van der Waals surface area (Å²) in [6, 6.07) is 6.15. The second kappa shape index (κ2) is 7.22. The number of rotatable bonds is 7. The molecule has 0 atom stereocenters. The molecule has 0 saturated heterocycles. The summed E-state index contributed by atoms with van der Waals surface area (Å²) in [7, 11) is 0. The molecular weight excluding hydrogens is 268 g/mol. The summed E-state index contributed by atoms with van der Waals surface area (Å²) in [5.74, 6) is 0.898. The molecule has 0 spiro atoms. The first-order valence-electron chi connectivity index (χ1n) is 6.64. The van der Waals surface area contributed by atoms with E-state index in [0.717, 1.165) is 29.5 Å². The summed E-state index contributed by atoms with van der Waals surface area (Å²) in [4.78, 5) is 4.53. The van der Waals surface area contributed by atoms with Gasteiger partial charge in [-0.15, -0.1) is 17.9 Å². The quantitative estimate of drug-likeness (QED) is 0.624. The van der Waals surface area contributed by atoms with E-state index < -0.39 is 0 Å². The predicted octanol–water partition coefficient (Wildman–Crippen LogP) is 3.61. The first-order chi connectivity index (χ1) is 9.69. The number of ether oxygens (including phenoxy) is 1. The Morgan fingerprint density at radius 3 is 2.95 bits per heavy atom. The molecule has 1 aromatic carbocycles. The van der Waals surface area contributed by atoms with Crippen molar-refractivity contribution in [1.29, 1.82) is 0 Å². The smallest absolute Gasteiger partial charge is 0.140 e. The minimum absolute atomic E-state index is 0.522. The van der Waals surface area contributed by atoms with Crippen LogP contribution in [-0.4, -0.2) is 11.5 Å². The lowest BCUT2D eigenvalue weighted by molar-refractivity contribution is 0.305. The zero-order valence-corrected chi connectivity index (χ0v) is 12.8. The van der Waals surface area contributed by atoms with E-state index in [2.05, 4.69) is 48.2 Å². The van der Waals surface area contributed by atoms with Gasteiger partial charge in [0, 0.05) is 18.5 Å². The largest absolute Gasteiger partial charge is 0.486 e. The van der Waals surface area contributed by atoms with Crippen molar-refractivity contribution in [2.24, 2.45) is 0 Å². The van der Waals surface area contributed by atoms with E-state index in [9.17, 15) is 0 Å². The molecule has 2 rings (SSSR count). The first kappa shape index (κ1) is 14.8. The number of hydrogen-bond acceptors (Lipinski definition) is 4. The van der Waals surface area contributed by atoms with Crippen LogP contribution in [0.4, 0.5) is 0 Å². The molecule has 3 nitrogen and oxygen atoms in total. The van der Waals surface area contributed by atoms with Gasteiger partial charge < -0.3 is 10.1 Å². The van der Waals surface area contributed by atoms with Crippen LogP contribution in [0.15, 0.2) is 36.2 Å². The highest BCUT2D eigenvalue weighted by Gasteiger charge is 2.03. The molecule has 0 amide bonds. The van der Waals surface area contributed by atoms with Gasteiger partial charge in [-0.2, -0.15) is 0 Å². The van der Waals surface area contributed by atoms with Gasteiger partial charge in [-0.25, -0.2) is 4.98 Å². The molecule has 0 saturated carbocycles. The molecule has 0 unspecified atom stereocenters. The molecule has 1 heterocycles. The van der Waals surface area contributed by atoms with Crippen LogP contribution < -0.4 is 10.1 Å². The Morgan fingerprint density at radius 2 is 2.20 bits per heavy atom. The van der Waals surface area contributed by atoms with E-state index in [4.69, 9.17) is 4.74 Å². The van der Waals surface area contributed by atoms with Crippen molar-refractivity contribution in [2.75, 3.05) is 6.54 Å². The van der Waals surface area contributed by atoms with Gasteiger partial charge in [0.25, 0.3) is 0 Å². The lowest BCUT2D eigenvalue weighted by atomic mass is 10.1. The van der Waals surface area contributed by atoms with Crippen LogP contribution in [0.2, 0.25) is 0 Å². The molecule has 0 aliphatic carbocycles. The van der Waals surface area contributed by atoms with Gasteiger partial charge in [-0.1, -0.05) is 12.1 Å². The SMILES string of the molecule is C=CCNCc1csc(COc2ccc(C)c(C)c2)n1. The van der Waals surface area contributed by atoms with Crippen molar-refractivity contribution in [3.8, 4) is 5.75 Å². The molecule has 0 aliphatic rings. The van der Waals surface area contributed by atoms with Crippen molar-refractivity contribution in [1.82, 2.24) is 10.3 Å². The van der Waals surface area contributed by atoms with Crippen LogP contribution >= 0.6 is 11.3 Å². The molecule has 0 bridgehead atoms. The predicted molar refractivity (Wildman–Crippen MR) is 84.3 cm³/mol. The van der Waals surface area contributed by atoms with Gasteiger partial charge in [0.05, 0.1) is 5.69 Å². The van der Waals surface area contributed by atoms with Crippen LogP contribution in [0.1, 0.15) is 21.8 Å². The summed E-state index contributed by atoms with van der Waals surface area (Å²) in [5.41, 5.74) is 3.58. The van der Waals surface area contributed by atoms with Crippen molar-refractivity contribution in [2.45, 2.75) is 27.0 Å². The van der Waals surface area contributed by atoms with Gasteiger partial charge in [-0.05, 0) is 37.1 Å². The van der Waals surface area contributed by atoms with E-state index in [1.807, 2.05) is 12.1 Å². The van der Waals surface area contributed by atoms with E-state index in [0.29, 0.717) is 6.61 Å². The average Bonchev–Trinajstić information content (AvgIpc) is 2.88. The lowest BCUT2D eigenvalue weighted by Gasteiger charge is -2.06. The fourth-order valence-electron chi connectivity index (χ4n) is 1.75. The maximum Gasteiger partial charge on any atom is 0.140 e. The van der Waals surface area contributed by atoms with Crippen molar-refractivity contribution >= 4 is 11.3 Å². The topological polar surface area (TPSA) is 34.1 Å². The van der Waals surface area contributed by atoms with Crippen molar-refractivity contribution < 1.29 is 4.74 Å². The molecule has 106 valence electrons. The Labute approximate surface area is 124 Å². The lowest BCUT2D eigenvalue weighted by Crippen LogP contribution is -2.12.